The van der Waals surface area contributed by atoms with Gasteiger partial charge in [0, 0.05) is 12.8 Å². The van der Waals surface area contributed by atoms with Crippen molar-refractivity contribution in [2.24, 2.45) is 5.92 Å². The van der Waals surface area contributed by atoms with Crippen LogP contribution in [0.4, 0.5) is 0 Å². The van der Waals surface area contributed by atoms with Crippen LogP contribution in [0.2, 0.25) is 0 Å². The standard InChI is InChI=1S/C9H15NO4/c1-3-5-6(10(5)4(2)11)8(13)9(14)7(3)12/h3,5-9,12-14H,1-2H3. The second-order valence-electron chi connectivity index (χ2n) is 4.24. The minimum absolute atomic E-state index is 0.110. The van der Waals surface area contributed by atoms with Crippen molar-refractivity contribution in [3.8, 4) is 0 Å². The van der Waals surface area contributed by atoms with Crippen LogP contribution in [-0.4, -0.2) is 56.5 Å². The number of aliphatic hydroxyl groups excluding tert-OH is 3. The molecule has 2 rings (SSSR count). The van der Waals surface area contributed by atoms with Gasteiger partial charge in [-0.25, -0.2) is 0 Å². The highest BCUT2D eigenvalue weighted by Crippen LogP contribution is 2.44. The smallest absolute Gasteiger partial charge is 0.220 e. The van der Waals surface area contributed by atoms with Crippen molar-refractivity contribution in [2.45, 2.75) is 44.2 Å². The van der Waals surface area contributed by atoms with Gasteiger partial charge in [-0.3, -0.25) is 4.79 Å². The summed E-state index contributed by atoms with van der Waals surface area (Å²) in [5, 5.41) is 28.6. The van der Waals surface area contributed by atoms with Crippen LogP contribution < -0.4 is 0 Å². The van der Waals surface area contributed by atoms with E-state index >= 15 is 0 Å². The molecule has 0 radical (unpaired) electrons. The molecule has 2 fully saturated rings. The molecule has 0 aromatic heterocycles. The maximum absolute atomic E-state index is 11.1. The van der Waals surface area contributed by atoms with Crippen molar-refractivity contribution in [3.05, 3.63) is 0 Å². The summed E-state index contributed by atoms with van der Waals surface area (Å²) in [7, 11) is 0. The number of carbonyl (C=O) groups excluding carboxylic acids is 1. The second-order valence-corrected chi connectivity index (χ2v) is 4.24. The number of fused-ring (bicyclic) bond motifs is 1. The Morgan fingerprint density at radius 3 is 2.14 bits per heavy atom. The number of hydrogen-bond acceptors (Lipinski definition) is 4. The first kappa shape index (κ1) is 9.89. The zero-order valence-corrected chi connectivity index (χ0v) is 8.16. The lowest BCUT2D eigenvalue weighted by Gasteiger charge is -2.30. The van der Waals surface area contributed by atoms with E-state index in [4.69, 9.17) is 0 Å². The van der Waals surface area contributed by atoms with E-state index in [0.717, 1.165) is 0 Å². The monoisotopic (exact) mass is 201 g/mol. The zero-order chi connectivity index (χ0) is 10.6. The zero-order valence-electron chi connectivity index (χ0n) is 8.16. The molecule has 1 aliphatic carbocycles. The number of likely N-dealkylation sites (tertiary alicyclic amines) is 1. The summed E-state index contributed by atoms with van der Waals surface area (Å²) in [4.78, 5) is 12.7. The highest BCUT2D eigenvalue weighted by atomic mass is 16.4. The maximum Gasteiger partial charge on any atom is 0.220 e. The molecule has 1 heterocycles. The fourth-order valence-electron chi connectivity index (χ4n) is 2.54. The van der Waals surface area contributed by atoms with Crippen molar-refractivity contribution in [1.29, 1.82) is 0 Å². The highest BCUT2D eigenvalue weighted by Gasteiger charge is 2.63. The molecule has 2 aliphatic rings. The second kappa shape index (κ2) is 2.92. The van der Waals surface area contributed by atoms with E-state index in [9.17, 15) is 20.1 Å². The van der Waals surface area contributed by atoms with E-state index in [2.05, 4.69) is 0 Å². The molecular weight excluding hydrogens is 186 g/mol. The third-order valence-electron chi connectivity index (χ3n) is 3.39. The molecule has 3 N–H and O–H groups in total. The van der Waals surface area contributed by atoms with Crippen LogP contribution >= 0.6 is 0 Å². The summed E-state index contributed by atoms with van der Waals surface area (Å²) in [6, 6.07) is -0.415. The molecule has 6 atom stereocenters. The average Bonchev–Trinajstić information content (AvgIpc) is 2.86. The van der Waals surface area contributed by atoms with E-state index in [1.807, 2.05) is 0 Å². The molecule has 0 aromatic carbocycles. The predicted molar refractivity (Wildman–Crippen MR) is 47.3 cm³/mol. The Hall–Kier alpha value is -0.650. The van der Waals surface area contributed by atoms with Crippen LogP contribution in [0.3, 0.4) is 0 Å². The van der Waals surface area contributed by atoms with Crippen molar-refractivity contribution in [1.82, 2.24) is 4.90 Å². The summed E-state index contributed by atoms with van der Waals surface area (Å²) in [5.74, 6) is -0.297. The van der Waals surface area contributed by atoms with E-state index in [1.54, 1.807) is 6.92 Å². The molecule has 0 bridgehead atoms. The molecule has 5 heteroatoms. The number of hydrogen-bond donors (Lipinski definition) is 3. The van der Waals surface area contributed by atoms with Gasteiger partial charge in [0.15, 0.2) is 0 Å². The van der Waals surface area contributed by atoms with Crippen LogP contribution in [-0.2, 0) is 4.79 Å². The van der Waals surface area contributed by atoms with E-state index in [0.29, 0.717) is 0 Å². The van der Waals surface area contributed by atoms with Gasteiger partial charge in [-0.15, -0.1) is 0 Å². The SMILES string of the molecule is CC(=O)N1C2C(C)C(O)C(O)C(O)C21. The molecule has 1 amide bonds. The normalized spacial score (nSPS) is 51.4. The van der Waals surface area contributed by atoms with Crippen molar-refractivity contribution >= 4 is 5.91 Å². The largest absolute Gasteiger partial charge is 0.390 e. The Balaban J connectivity index is 2.19. The van der Waals surface area contributed by atoms with Gasteiger partial charge in [-0.2, -0.15) is 0 Å². The van der Waals surface area contributed by atoms with Crippen LogP contribution in [0.1, 0.15) is 13.8 Å². The van der Waals surface area contributed by atoms with Crippen LogP contribution in [0, 0.1) is 5.92 Å². The first-order valence-corrected chi connectivity index (χ1v) is 4.80. The third kappa shape index (κ3) is 1.09. The Morgan fingerprint density at radius 1 is 1.07 bits per heavy atom. The van der Waals surface area contributed by atoms with E-state index in [1.165, 1.54) is 11.8 Å². The molecule has 1 saturated heterocycles. The number of aliphatic hydroxyl groups is 3. The highest BCUT2D eigenvalue weighted by molar-refractivity contribution is 5.77. The molecule has 6 unspecified atom stereocenters. The van der Waals surface area contributed by atoms with Crippen molar-refractivity contribution in [3.63, 3.8) is 0 Å². The molecule has 5 nitrogen and oxygen atoms in total. The number of amides is 1. The number of rotatable bonds is 0. The molecule has 1 aliphatic heterocycles. The summed E-state index contributed by atoms with van der Waals surface area (Å²) in [6.45, 7) is 3.21. The van der Waals surface area contributed by atoms with Crippen LogP contribution in [0.25, 0.3) is 0 Å². The minimum Gasteiger partial charge on any atom is -0.390 e. The maximum atomic E-state index is 11.1. The van der Waals surface area contributed by atoms with E-state index in [-0.39, 0.29) is 23.9 Å². The van der Waals surface area contributed by atoms with Crippen molar-refractivity contribution in [2.75, 3.05) is 0 Å². The summed E-state index contributed by atoms with van der Waals surface area (Å²) in [5.41, 5.74) is 0. The molecule has 80 valence electrons. The molecule has 0 aromatic rings. The molecule has 1 saturated carbocycles. The Labute approximate surface area is 82.0 Å². The molecule has 14 heavy (non-hydrogen) atoms. The van der Waals surface area contributed by atoms with Crippen molar-refractivity contribution < 1.29 is 20.1 Å². The summed E-state index contributed by atoms with van der Waals surface area (Å²) >= 11 is 0. The molecular formula is C9H15NO4. The van der Waals surface area contributed by atoms with Gasteiger partial charge in [0.1, 0.15) is 12.2 Å². The Kier molecular flexibility index (Phi) is 2.06. The number of carbonyl (C=O) groups is 1. The topological polar surface area (TPSA) is 80.8 Å². The van der Waals surface area contributed by atoms with Crippen LogP contribution in [0.15, 0.2) is 0 Å². The van der Waals surface area contributed by atoms with Gasteiger partial charge in [-0.1, -0.05) is 6.92 Å². The molecule has 0 spiro atoms. The number of nitrogens with zero attached hydrogens (tertiary/aromatic N) is 1. The van der Waals surface area contributed by atoms with Gasteiger partial charge >= 0.3 is 0 Å². The summed E-state index contributed by atoms with van der Waals surface area (Å²) < 4.78 is 0. The Morgan fingerprint density at radius 2 is 1.64 bits per heavy atom. The predicted octanol–water partition coefficient (Wildman–Crippen LogP) is -1.68. The lowest BCUT2D eigenvalue weighted by atomic mass is 9.84. The summed E-state index contributed by atoms with van der Waals surface area (Å²) in [6.07, 6.45) is -3.11. The van der Waals surface area contributed by atoms with Crippen LogP contribution in [0.5, 0.6) is 0 Å². The van der Waals surface area contributed by atoms with Gasteiger partial charge in [-0.05, 0) is 0 Å². The first-order chi connectivity index (χ1) is 6.46. The minimum atomic E-state index is -1.14. The first-order valence-electron chi connectivity index (χ1n) is 4.80. The third-order valence-corrected chi connectivity index (χ3v) is 3.39. The lowest BCUT2D eigenvalue weighted by molar-refractivity contribution is -0.125. The average molecular weight is 201 g/mol. The van der Waals surface area contributed by atoms with Gasteiger partial charge < -0.3 is 20.2 Å². The van der Waals surface area contributed by atoms with Gasteiger partial charge in [0.25, 0.3) is 0 Å². The fraction of sp³-hybridized carbons (Fsp3) is 0.889. The van der Waals surface area contributed by atoms with Gasteiger partial charge in [0.05, 0.1) is 18.2 Å². The lowest BCUT2D eigenvalue weighted by Crippen LogP contribution is -2.50. The van der Waals surface area contributed by atoms with E-state index < -0.39 is 18.3 Å². The Bertz CT molecular complexity index is 250. The van der Waals surface area contributed by atoms with Gasteiger partial charge in [0.2, 0.25) is 5.91 Å². The fourth-order valence-corrected chi connectivity index (χ4v) is 2.54. The quantitative estimate of drug-likeness (QED) is 0.409.